The Morgan fingerprint density at radius 3 is 1.22 bits per heavy atom. The van der Waals surface area contributed by atoms with E-state index < -0.39 is 0 Å². The number of benzene rings is 1. The minimum absolute atomic E-state index is 1.26. The Hall–Kier alpha value is -1.63. The topological polar surface area (TPSA) is 12.9 Å². The van der Waals surface area contributed by atoms with Crippen LogP contribution in [0.25, 0.3) is 0 Å². The molecule has 1 heteroatoms. The van der Waals surface area contributed by atoms with Crippen LogP contribution in [0.4, 0.5) is 0 Å². The maximum Gasteiger partial charge on any atom is 0.0270 e. The molecule has 0 saturated carbocycles. The van der Waals surface area contributed by atoms with Crippen molar-refractivity contribution in [1.29, 1.82) is 0 Å². The molecule has 2 aromatic rings. The molecule has 1 aromatic heterocycles. The summed E-state index contributed by atoms with van der Waals surface area (Å²) in [7, 11) is 0. The van der Waals surface area contributed by atoms with Crippen LogP contribution < -0.4 is 0 Å². The van der Waals surface area contributed by atoms with E-state index in [1.165, 1.54) is 11.1 Å². The van der Waals surface area contributed by atoms with Gasteiger partial charge < -0.3 is 0 Å². The molecule has 2 rings (SSSR count). The lowest BCUT2D eigenvalue weighted by Crippen LogP contribution is -1.68. The van der Waals surface area contributed by atoms with E-state index in [4.69, 9.17) is 0 Å². The Labute approximate surface area is 113 Å². The van der Waals surface area contributed by atoms with Crippen molar-refractivity contribution in [2.45, 2.75) is 41.5 Å². The van der Waals surface area contributed by atoms with Crippen molar-refractivity contribution in [2.75, 3.05) is 0 Å². The van der Waals surface area contributed by atoms with Gasteiger partial charge in [-0.25, -0.2) is 0 Å². The SMILES string of the molecule is CC.CC.Cc1ccccc1.Cc1ccncc1. The van der Waals surface area contributed by atoms with Crippen LogP contribution in [0.1, 0.15) is 38.8 Å². The number of nitrogens with zero attached hydrogens (tertiary/aromatic N) is 1. The summed E-state index contributed by atoms with van der Waals surface area (Å²) in [5.41, 5.74) is 2.58. The summed E-state index contributed by atoms with van der Waals surface area (Å²) in [5, 5.41) is 0. The Morgan fingerprint density at radius 2 is 1.00 bits per heavy atom. The quantitative estimate of drug-likeness (QED) is 0.602. The fraction of sp³-hybridized carbons (Fsp3) is 0.353. The van der Waals surface area contributed by atoms with Gasteiger partial charge in [-0.1, -0.05) is 63.6 Å². The Balaban J connectivity index is 0. The third-order valence-corrected chi connectivity index (χ3v) is 1.79. The molecule has 0 aliphatic heterocycles. The highest BCUT2D eigenvalue weighted by Gasteiger charge is 1.73. The molecule has 1 aromatic carbocycles. The zero-order valence-electron chi connectivity index (χ0n) is 12.6. The largest absolute Gasteiger partial charge is 0.265 e. The summed E-state index contributed by atoms with van der Waals surface area (Å²) < 4.78 is 0. The molecule has 0 N–H and O–H groups in total. The molecule has 0 amide bonds. The molecule has 18 heavy (non-hydrogen) atoms. The van der Waals surface area contributed by atoms with Crippen LogP contribution >= 0.6 is 0 Å². The maximum atomic E-state index is 3.85. The van der Waals surface area contributed by atoms with Crippen LogP contribution in [-0.2, 0) is 0 Å². The van der Waals surface area contributed by atoms with Gasteiger partial charge in [-0.05, 0) is 31.5 Å². The van der Waals surface area contributed by atoms with Gasteiger partial charge in [0.1, 0.15) is 0 Å². The summed E-state index contributed by atoms with van der Waals surface area (Å²) in [6.07, 6.45) is 3.57. The summed E-state index contributed by atoms with van der Waals surface area (Å²) in [6, 6.07) is 14.2. The summed E-state index contributed by atoms with van der Waals surface area (Å²) in [6.45, 7) is 12.1. The van der Waals surface area contributed by atoms with Crippen LogP contribution in [0.5, 0.6) is 0 Å². The van der Waals surface area contributed by atoms with Gasteiger partial charge in [0.2, 0.25) is 0 Å². The molecule has 0 saturated heterocycles. The van der Waals surface area contributed by atoms with Gasteiger partial charge in [-0.3, -0.25) is 4.98 Å². The van der Waals surface area contributed by atoms with Crippen molar-refractivity contribution in [3.05, 3.63) is 66.0 Å². The van der Waals surface area contributed by atoms with Crippen molar-refractivity contribution in [2.24, 2.45) is 0 Å². The standard InChI is InChI=1S/C7H8.C6H7N.2C2H6/c1-7-5-3-2-4-6-7;1-6-2-4-7-5-3-6;2*1-2/h2-6H,1H3;2-5H,1H3;2*1-2H3. The molecule has 0 bridgehead atoms. The molecule has 0 aliphatic carbocycles. The number of pyridine rings is 1. The van der Waals surface area contributed by atoms with E-state index >= 15 is 0 Å². The van der Waals surface area contributed by atoms with Crippen molar-refractivity contribution in [3.63, 3.8) is 0 Å². The number of aromatic nitrogens is 1. The lowest BCUT2D eigenvalue weighted by atomic mass is 10.2. The molecule has 0 atom stereocenters. The van der Waals surface area contributed by atoms with Gasteiger partial charge in [0.25, 0.3) is 0 Å². The van der Waals surface area contributed by atoms with Crippen molar-refractivity contribution in [3.8, 4) is 0 Å². The summed E-state index contributed by atoms with van der Waals surface area (Å²) in [4.78, 5) is 3.85. The molecule has 1 nitrogen and oxygen atoms in total. The smallest absolute Gasteiger partial charge is 0.0270 e. The normalized spacial score (nSPS) is 7.44. The molecule has 0 radical (unpaired) electrons. The van der Waals surface area contributed by atoms with Crippen LogP contribution in [0.15, 0.2) is 54.9 Å². The minimum atomic E-state index is 1.26. The van der Waals surface area contributed by atoms with Crippen LogP contribution in [0.2, 0.25) is 0 Å². The third-order valence-electron chi connectivity index (χ3n) is 1.79. The zero-order valence-corrected chi connectivity index (χ0v) is 12.6. The van der Waals surface area contributed by atoms with Crippen molar-refractivity contribution in [1.82, 2.24) is 4.98 Å². The predicted octanol–water partition coefficient (Wildman–Crippen LogP) is 5.44. The Bertz CT molecular complexity index is 303. The van der Waals surface area contributed by atoms with Crippen LogP contribution in [0.3, 0.4) is 0 Å². The summed E-state index contributed by atoms with van der Waals surface area (Å²) in [5.74, 6) is 0. The highest BCUT2D eigenvalue weighted by atomic mass is 14.6. The van der Waals surface area contributed by atoms with Gasteiger partial charge in [-0.15, -0.1) is 0 Å². The first-order valence-corrected chi connectivity index (χ1v) is 6.67. The van der Waals surface area contributed by atoms with E-state index in [9.17, 15) is 0 Å². The van der Waals surface area contributed by atoms with Crippen LogP contribution in [0, 0.1) is 13.8 Å². The second-order valence-electron chi connectivity index (χ2n) is 3.18. The molecule has 0 unspecified atom stereocenters. The molecule has 0 aliphatic rings. The van der Waals surface area contributed by atoms with E-state index in [1.807, 2.05) is 65.0 Å². The fourth-order valence-corrected chi connectivity index (χ4v) is 0.961. The van der Waals surface area contributed by atoms with Crippen LogP contribution in [-0.4, -0.2) is 4.98 Å². The lowest BCUT2D eigenvalue weighted by molar-refractivity contribution is 1.29. The van der Waals surface area contributed by atoms with Gasteiger partial charge in [0, 0.05) is 12.4 Å². The Kier molecular flexibility index (Phi) is 16.0. The second-order valence-corrected chi connectivity index (χ2v) is 3.18. The number of hydrogen-bond acceptors (Lipinski definition) is 1. The van der Waals surface area contributed by atoms with Crippen molar-refractivity contribution < 1.29 is 0 Å². The van der Waals surface area contributed by atoms with E-state index in [0.717, 1.165) is 0 Å². The lowest BCUT2D eigenvalue weighted by Gasteiger charge is -1.82. The molecule has 0 spiro atoms. The first-order valence-electron chi connectivity index (χ1n) is 6.67. The first-order chi connectivity index (χ1) is 8.79. The average Bonchev–Trinajstić information content (AvgIpc) is 2.46. The van der Waals surface area contributed by atoms with Gasteiger partial charge in [-0.2, -0.15) is 0 Å². The van der Waals surface area contributed by atoms with E-state index in [1.54, 1.807) is 12.4 Å². The highest BCUT2D eigenvalue weighted by Crippen LogP contribution is 1.92. The monoisotopic (exact) mass is 245 g/mol. The number of rotatable bonds is 0. The third kappa shape index (κ3) is 12.4. The van der Waals surface area contributed by atoms with E-state index in [-0.39, 0.29) is 0 Å². The first kappa shape index (κ1) is 18.7. The van der Waals surface area contributed by atoms with Gasteiger partial charge in [0.15, 0.2) is 0 Å². The number of hydrogen-bond donors (Lipinski definition) is 0. The van der Waals surface area contributed by atoms with E-state index in [2.05, 4.69) is 24.0 Å². The zero-order chi connectivity index (χ0) is 14.2. The molecule has 0 fully saturated rings. The number of aryl methyl sites for hydroxylation is 2. The minimum Gasteiger partial charge on any atom is -0.265 e. The van der Waals surface area contributed by atoms with Crippen molar-refractivity contribution >= 4 is 0 Å². The van der Waals surface area contributed by atoms with E-state index in [0.29, 0.717) is 0 Å². The fourth-order valence-electron chi connectivity index (χ4n) is 0.961. The summed E-state index contributed by atoms with van der Waals surface area (Å²) >= 11 is 0. The molecule has 100 valence electrons. The predicted molar refractivity (Wildman–Crippen MR) is 82.8 cm³/mol. The maximum absolute atomic E-state index is 3.85. The Morgan fingerprint density at radius 1 is 0.611 bits per heavy atom. The highest BCUT2D eigenvalue weighted by molar-refractivity contribution is 5.11. The van der Waals surface area contributed by atoms with Gasteiger partial charge >= 0.3 is 0 Å². The average molecular weight is 245 g/mol. The van der Waals surface area contributed by atoms with Gasteiger partial charge in [0.05, 0.1) is 0 Å². The molecular formula is C17H27N. The molecule has 1 heterocycles. The molecular weight excluding hydrogens is 218 g/mol. The second kappa shape index (κ2) is 15.4.